The highest BCUT2D eigenvalue weighted by atomic mass is 32.1. The van der Waals surface area contributed by atoms with Crippen molar-refractivity contribution in [3.8, 4) is 17.1 Å². The fraction of sp³-hybridized carbons (Fsp3) is 0.207. The van der Waals surface area contributed by atoms with Crippen molar-refractivity contribution in [3.05, 3.63) is 101 Å². The van der Waals surface area contributed by atoms with Crippen LogP contribution in [-0.2, 0) is 12.8 Å². The Morgan fingerprint density at radius 3 is 2.67 bits per heavy atom. The van der Waals surface area contributed by atoms with E-state index in [9.17, 15) is 0 Å². The molecule has 7 heteroatoms. The minimum Gasteiger partial charge on any atom is -0.497 e. The van der Waals surface area contributed by atoms with Crippen LogP contribution < -0.4 is 15.0 Å². The number of nitrogens with one attached hydrogen (secondary N) is 1. The smallest absolute Gasteiger partial charge is 0.258 e. The third kappa shape index (κ3) is 3.95. The molecule has 0 saturated carbocycles. The quantitative estimate of drug-likeness (QED) is 0.336. The van der Waals surface area contributed by atoms with E-state index in [1.807, 2.05) is 42.5 Å². The molecule has 0 spiro atoms. The summed E-state index contributed by atoms with van der Waals surface area (Å²) in [5, 5.41) is 8.50. The second-order valence-electron chi connectivity index (χ2n) is 9.09. The van der Waals surface area contributed by atoms with Gasteiger partial charge in [-0.2, -0.15) is 4.98 Å². The van der Waals surface area contributed by atoms with Crippen molar-refractivity contribution in [1.82, 2.24) is 15.5 Å². The van der Waals surface area contributed by atoms with Crippen LogP contribution in [0.4, 0.5) is 5.69 Å². The average Bonchev–Trinajstić information content (AvgIpc) is 3.59. The molecule has 6 rings (SSSR count). The number of benzene rings is 3. The summed E-state index contributed by atoms with van der Waals surface area (Å²) in [7, 11) is 1.64. The number of thiocarbonyl (C=S) groups is 1. The van der Waals surface area contributed by atoms with E-state index in [0.29, 0.717) is 16.8 Å². The van der Waals surface area contributed by atoms with Crippen molar-refractivity contribution >= 4 is 28.6 Å². The zero-order valence-electron chi connectivity index (χ0n) is 20.2. The molecule has 180 valence electrons. The van der Waals surface area contributed by atoms with Gasteiger partial charge in [-0.05, 0) is 79.4 Å². The van der Waals surface area contributed by atoms with Gasteiger partial charge >= 0.3 is 0 Å². The predicted octanol–water partition coefficient (Wildman–Crippen LogP) is 6.10. The van der Waals surface area contributed by atoms with Gasteiger partial charge in [-0.1, -0.05) is 53.7 Å². The lowest BCUT2D eigenvalue weighted by Gasteiger charge is -2.37. The van der Waals surface area contributed by atoms with Crippen LogP contribution >= 0.6 is 12.2 Å². The molecule has 0 fully saturated rings. The van der Waals surface area contributed by atoms with Gasteiger partial charge in [0.15, 0.2) is 5.11 Å². The van der Waals surface area contributed by atoms with E-state index in [4.69, 9.17) is 26.5 Å². The highest BCUT2D eigenvalue weighted by Gasteiger charge is 2.35. The molecule has 1 atom stereocenters. The molecule has 2 aliphatic rings. The summed E-state index contributed by atoms with van der Waals surface area (Å²) in [5.74, 6) is 1.71. The number of nitrogens with zero attached hydrogens (tertiary/aromatic N) is 3. The summed E-state index contributed by atoms with van der Waals surface area (Å²) < 4.78 is 11.2. The van der Waals surface area contributed by atoms with Crippen LogP contribution in [0.3, 0.4) is 0 Å². The molecule has 1 aliphatic carbocycles. The highest BCUT2D eigenvalue weighted by Crippen LogP contribution is 2.40. The van der Waals surface area contributed by atoms with Crippen molar-refractivity contribution < 1.29 is 9.26 Å². The molecule has 0 amide bonds. The van der Waals surface area contributed by atoms with Crippen LogP contribution in [-0.4, -0.2) is 22.4 Å². The molecule has 1 aromatic heterocycles. The summed E-state index contributed by atoms with van der Waals surface area (Å²) in [6.07, 6.45) is 3.45. The molecule has 0 saturated heterocycles. The molecule has 36 heavy (non-hydrogen) atoms. The first-order chi connectivity index (χ1) is 17.6. The van der Waals surface area contributed by atoms with Crippen LogP contribution in [0, 0.1) is 0 Å². The molecule has 2 heterocycles. The number of aromatic nitrogens is 2. The van der Waals surface area contributed by atoms with Crippen LogP contribution in [0.1, 0.15) is 42.0 Å². The van der Waals surface area contributed by atoms with Gasteiger partial charge < -0.3 is 14.6 Å². The molecule has 4 aromatic rings. The molecular weight excluding hydrogens is 468 g/mol. The maximum absolute atomic E-state index is 5.90. The first-order valence-corrected chi connectivity index (χ1v) is 12.5. The maximum atomic E-state index is 5.90. The Kier molecular flexibility index (Phi) is 5.77. The number of methoxy groups -OCH3 is 1. The molecule has 3 aromatic carbocycles. The number of fused-ring (bicyclic) bond motifs is 1. The van der Waals surface area contributed by atoms with Crippen molar-refractivity contribution in [1.29, 1.82) is 0 Å². The third-order valence-electron chi connectivity index (χ3n) is 6.94. The van der Waals surface area contributed by atoms with Gasteiger partial charge in [-0.25, -0.2) is 0 Å². The lowest BCUT2D eigenvalue weighted by molar-refractivity contribution is 0.403. The van der Waals surface area contributed by atoms with E-state index >= 15 is 0 Å². The van der Waals surface area contributed by atoms with Crippen molar-refractivity contribution in [3.63, 3.8) is 0 Å². The SMILES string of the molecule is COc1cccc(-c2noc(C3=C(C)N(c4ccc5c(c4)CCC5)C(=S)NC3c3ccccc3)n2)c1. The van der Waals surface area contributed by atoms with E-state index in [2.05, 4.69) is 52.6 Å². The summed E-state index contributed by atoms with van der Waals surface area (Å²) >= 11 is 5.90. The maximum Gasteiger partial charge on any atom is 0.258 e. The first kappa shape index (κ1) is 22.5. The zero-order valence-corrected chi connectivity index (χ0v) is 21.0. The van der Waals surface area contributed by atoms with Crippen LogP contribution in [0.5, 0.6) is 5.75 Å². The van der Waals surface area contributed by atoms with E-state index in [1.165, 1.54) is 17.5 Å². The Balaban J connectivity index is 1.47. The van der Waals surface area contributed by atoms with Gasteiger partial charge in [-0.3, -0.25) is 4.90 Å². The van der Waals surface area contributed by atoms with Gasteiger partial charge in [0.1, 0.15) is 5.75 Å². The van der Waals surface area contributed by atoms with E-state index in [1.54, 1.807) is 7.11 Å². The zero-order chi connectivity index (χ0) is 24.6. The number of anilines is 1. The number of allylic oxidation sites excluding steroid dienone is 1. The number of ether oxygens (including phenoxy) is 1. The third-order valence-corrected chi connectivity index (χ3v) is 7.24. The van der Waals surface area contributed by atoms with Crippen molar-refractivity contribution in [2.45, 2.75) is 32.2 Å². The first-order valence-electron chi connectivity index (χ1n) is 12.1. The minimum absolute atomic E-state index is 0.219. The minimum atomic E-state index is -0.219. The summed E-state index contributed by atoms with van der Waals surface area (Å²) in [4.78, 5) is 6.90. The molecule has 0 bridgehead atoms. The van der Waals surface area contributed by atoms with Crippen LogP contribution in [0.2, 0.25) is 0 Å². The number of rotatable bonds is 5. The lowest BCUT2D eigenvalue weighted by Crippen LogP contribution is -2.46. The fourth-order valence-electron chi connectivity index (χ4n) is 5.14. The summed E-state index contributed by atoms with van der Waals surface area (Å²) in [6.45, 7) is 2.07. The van der Waals surface area contributed by atoms with Crippen molar-refractivity contribution in [2.75, 3.05) is 12.0 Å². The molecular formula is C29H26N4O2S. The molecule has 1 unspecified atom stereocenters. The Hall–Kier alpha value is -3.97. The second-order valence-corrected chi connectivity index (χ2v) is 9.48. The lowest BCUT2D eigenvalue weighted by atomic mass is 9.94. The van der Waals surface area contributed by atoms with E-state index < -0.39 is 0 Å². The Labute approximate surface area is 215 Å². The standard InChI is InChI=1S/C29H26N4O2S/c1-18-25(28-31-27(32-35-28)22-12-7-13-24(17-22)34-2)26(20-8-4-3-5-9-20)30-29(36)33(18)23-15-14-19-10-6-11-21(19)16-23/h3-5,7-9,12-17,26H,6,10-11H2,1-2H3,(H,30,36). The number of aryl methyl sites for hydroxylation is 2. The molecule has 0 radical (unpaired) electrons. The van der Waals surface area contributed by atoms with Gasteiger partial charge in [0.05, 0.1) is 18.7 Å². The van der Waals surface area contributed by atoms with Gasteiger partial charge in [0.2, 0.25) is 5.82 Å². The van der Waals surface area contributed by atoms with Gasteiger partial charge in [0, 0.05) is 16.9 Å². The molecule has 6 nitrogen and oxygen atoms in total. The summed E-state index contributed by atoms with van der Waals surface area (Å²) in [6, 6.07) is 24.3. The predicted molar refractivity (Wildman–Crippen MR) is 145 cm³/mol. The highest BCUT2D eigenvalue weighted by molar-refractivity contribution is 7.80. The van der Waals surface area contributed by atoms with Gasteiger partial charge in [0.25, 0.3) is 5.89 Å². The second kappa shape index (κ2) is 9.24. The van der Waals surface area contributed by atoms with Crippen LogP contribution in [0.15, 0.2) is 83.0 Å². The Morgan fingerprint density at radius 1 is 1.00 bits per heavy atom. The molecule has 1 N–H and O–H groups in total. The number of hydrogen-bond donors (Lipinski definition) is 1. The molecule has 1 aliphatic heterocycles. The van der Waals surface area contributed by atoms with E-state index in [0.717, 1.165) is 46.7 Å². The normalized spacial score (nSPS) is 17.2. The topological polar surface area (TPSA) is 63.4 Å². The summed E-state index contributed by atoms with van der Waals surface area (Å²) in [5.41, 5.74) is 7.63. The van der Waals surface area contributed by atoms with Crippen LogP contribution in [0.25, 0.3) is 17.0 Å². The Bertz CT molecular complexity index is 1480. The van der Waals surface area contributed by atoms with Gasteiger partial charge in [-0.15, -0.1) is 0 Å². The fourth-order valence-corrected chi connectivity index (χ4v) is 5.50. The Morgan fingerprint density at radius 2 is 1.83 bits per heavy atom. The number of hydrogen-bond acceptors (Lipinski definition) is 5. The average molecular weight is 495 g/mol. The van der Waals surface area contributed by atoms with E-state index in [-0.39, 0.29) is 6.04 Å². The largest absolute Gasteiger partial charge is 0.497 e. The monoisotopic (exact) mass is 494 g/mol. The van der Waals surface area contributed by atoms with Crippen molar-refractivity contribution in [2.24, 2.45) is 0 Å².